The van der Waals surface area contributed by atoms with Crippen molar-refractivity contribution in [3.63, 3.8) is 0 Å². The van der Waals surface area contributed by atoms with E-state index >= 15 is 0 Å². The zero-order valence-electron chi connectivity index (χ0n) is 14.0. The molecule has 0 spiro atoms. The van der Waals surface area contributed by atoms with E-state index in [2.05, 4.69) is 53.1 Å². The number of piperidine rings is 1. The Morgan fingerprint density at radius 1 is 1.09 bits per heavy atom. The number of carbonyl (C=O) groups excluding carboxylic acids is 1. The zero-order valence-corrected chi connectivity index (χ0v) is 14.0. The summed E-state index contributed by atoms with van der Waals surface area (Å²) in [6.45, 7) is 7.86. The Labute approximate surface area is 139 Å². The Morgan fingerprint density at radius 3 is 2.48 bits per heavy atom. The fourth-order valence-electron chi connectivity index (χ4n) is 3.55. The number of likely N-dealkylation sites (N-methyl/N-ethyl adjacent to an activating group) is 1. The van der Waals surface area contributed by atoms with E-state index < -0.39 is 0 Å². The third kappa shape index (κ3) is 3.94. The van der Waals surface area contributed by atoms with Crippen molar-refractivity contribution in [2.24, 2.45) is 0 Å². The molecule has 1 aromatic carbocycles. The van der Waals surface area contributed by atoms with Crippen molar-refractivity contribution < 1.29 is 4.79 Å². The van der Waals surface area contributed by atoms with Crippen molar-refractivity contribution in [1.82, 2.24) is 14.7 Å². The van der Waals surface area contributed by atoms with Gasteiger partial charge in [0.1, 0.15) is 0 Å². The summed E-state index contributed by atoms with van der Waals surface area (Å²) in [6.07, 6.45) is 6.63. The zero-order chi connectivity index (χ0) is 16.1. The predicted molar refractivity (Wildman–Crippen MR) is 94.3 cm³/mol. The molecular formula is C19H27N3O. The van der Waals surface area contributed by atoms with Gasteiger partial charge in [-0.1, -0.05) is 42.5 Å². The summed E-state index contributed by atoms with van der Waals surface area (Å²) in [5.41, 5.74) is 1.25. The van der Waals surface area contributed by atoms with Gasteiger partial charge in [0, 0.05) is 45.3 Å². The van der Waals surface area contributed by atoms with Gasteiger partial charge in [0.25, 0.3) is 0 Å². The maximum atomic E-state index is 12.3. The van der Waals surface area contributed by atoms with Crippen molar-refractivity contribution in [2.75, 3.05) is 39.3 Å². The second kappa shape index (κ2) is 7.64. The van der Waals surface area contributed by atoms with Crippen LogP contribution in [0.4, 0.5) is 4.79 Å². The lowest BCUT2D eigenvalue weighted by molar-refractivity contribution is 0.136. The fourth-order valence-corrected chi connectivity index (χ4v) is 3.55. The van der Waals surface area contributed by atoms with Crippen LogP contribution in [-0.4, -0.2) is 66.0 Å². The summed E-state index contributed by atoms with van der Waals surface area (Å²) in [6, 6.07) is 11.1. The molecule has 2 aliphatic heterocycles. The van der Waals surface area contributed by atoms with Gasteiger partial charge < -0.3 is 9.80 Å². The highest BCUT2D eigenvalue weighted by Crippen LogP contribution is 2.21. The van der Waals surface area contributed by atoms with Gasteiger partial charge in [0.15, 0.2) is 0 Å². The molecule has 4 heteroatoms. The molecule has 2 aliphatic rings. The first-order chi connectivity index (χ1) is 11.3. The minimum absolute atomic E-state index is 0.245. The van der Waals surface area contributed by atoms with Crippen LogP contribution in [-0.2, 0) is 0 Å². The van der Waals surface area contributed by atoms with Gasteiger partial charge in [-0.2, -0.15) is 0 Å². The molecule has 124 valence electrons. The third-order valence-electron chi connectivity index (χ3n) is 4.98. The van der Waals surface area contributed by atoms with Gasteiger partial charge in [0.2, 0.25) is 0 Å². The second-order valence-corrected chi connectivity index (χ2v) is 6.40. The minimum Gasteiger partial charge on any atom is -0.323 e. The molecule has 23 heavy (non-hydrogen) atoms. The Bertz CT molecular complexity index is 535. The summed E-state index contributed by atoms with van der Waals surface area (Å²) < 4.78 is 0. The molecule has 2 saturated heterocycles. The standard InChI is InChI=1S/C19H27N3O/c1-2-21-15-16-22(19(21)23)18-10-13-20(14-11-18)12-6-9-17-7-4-3-5-8-17/h3-9,18H,2,10-16H2,1H3. The molecule has 0 atom stereocenters. The van der Waals surface area contributed by atoms with E-state index in [1.807, 2.05) is 11.0 Å². The van der Waals surface area contributed by atoms with E-state index in [4.69, 9.17) is 0 Å². The maximum Gasteiger partial charge on any atom is 0.320 e. The quantitative estimate of drug-likeness (QED) is 0.835. The Kier molecular flexibility index (Phi) is 5.34. The molecule has 2 heterocycles. The highest BCUT2D eigenvalue weighted by molar-refractivity contribution is 5.76. The third-order valence-corrected chi connectivity index (χ3v) is 4.98. The summed E-state index contributed by atoms with van der Waals surface area (Å²) in [5, 5.41) is 0. The largest absolute Gasteiger partial charge is 0.323 e. The molecule has 1 aromatic rings. The lowest BCUT2D eigenvalue weighted by Crippen LogP contribution is -2.46. The van der Waals surface area contributed by atoms with E-state index in [1.54, 1.807) is 0 Å². The molecule has 4 nitrogen and oxygen atoms in total. The average molecular weight is 313 g/mol. The molecule has 3 rings (SSSR count). The lowest BCUT2D eigenvalue weighted by atomic mass is 10.0. The number of nitrogens with zero attached hydrogens (tertiary/aromatic N) is 3. The van der Waals surface area contributed by atoms with Crippen LogP contribution < -0.4 is 0 Å². The highest BCUT2D eigenvalue weighted by Gasteiger charge is 2.34. The normalized spacial score (nSPS) is 20.8. The van der Waals surface area contributed by atoms with Gasteiger partial charge in [0.05, 0.1) is 0 Å². The second-order valence-electron chi connectivity index (χ2n) is 6.40. The smallest absolute Gasteiger partial charge is 0.320 e. The van der Waals surface area contributed by atoms with Gasteiger partial charge in [-0.3, -0.25) is 4.90 Å². The monoisotopic (exact) mass is 313 g/mol. The van der Waals surface area contributed by atoms with Gasteiger partial charge in [-0.15, -0.1) is 0 Å². The Hall–Kier alpha value is -1.81. The lowest BCUT2D eigenvalue weighted by Gasteiger charge is -2.36. The van der Waals surface area contributed by atoms with Gasteiger partial charge in [-0.25, -0.2) is 4.79 Å². The number of amides is 2. The average Bonchev–Trinajstić information content (AvgIpc) is 2.97. The first-order valence-corrected chi connectivity index (χ1v) is 8.77. The maximum absolute atomic E-state index is 12.3. The molecule has 0 saturated carbocycles. The number of urea groups is 1. The van der Waals surface area contributed by atoms with Crippen molar-refractivity contribution in [3.05, 3.63) is 42.0 Å². The highest BCUT2D eigenvalue weighted by atomic mass is 16.2. The summed E-state index contributed by atoms with van der Waals surface area (Å²) in [4.78, 5) is 18.8. The van der Waals surface area contributed by atoms with E-state index in [1.165, 1.54) is 5.56 Å². The molecule has 2 fully saturated rings. The van der Waals surface area contributed by atoms with E-state index in [0.717, 1.165) is 52.1 Å². The van der Waals surface area contributed by atoms with Crippen molar-refractivity contribution in [3.8, 4) is 0 Å². The molecule has 0 bridgehead atoms. The Balaban J connectivity index is 1.44. The Morgan fingerprint density at radius 2 is 1.83 bits per heavy atom. The number of benzene rings is 1. The molecule has 0 radical (unpaired) electrons. The van der Waals surface area contributed by atoms with E-state index in [-0.39, 0.29) is 6.03 Å². The number of hydrogen-bond acceptors (Lipinski definition) is 2. The van der Waals surface area contributed by atoms with E-state index in [0.29, 0.717) is 6.04 Å². The summed E-state index contributed by atoms with van der Waals surface area (Å²) in [7, 11) is 0. The molecule has 0 N–H and O–H groups in total. The number of hydrogen-bond donors (Lipinski definition) is 0. The van der Waals surface area contributed by atoms with Crippen molar-refractivity contribution >= 4 is 12.1 Å². The molecule has 0 aliphatic carbocycles. The molecule has 0 aromatic heterocycles. The van der Waals surface area contributed by atoms with Crippen LogP contribution in [0.15, 0.2) is 36.4 Å². The first-order valence-electron chi connectivity index (χ1n) is 8.77. The van der Waals surface area contributed by atoms with E-state index in [9.17, 15) is 4.79 Å². The molecular weight excluding hydrogens is 286 g/mol. The van der Waals surface area contributed by atoms with Crippen molar-refractivity contribution in [2.45, 2.75) is 25.8 Å². The van der Waals surface area contributed by atoms with Gasteiger partial charge in [-0.05, 0) is 25.3 Å². The summed E-state index contributed by atoms with van der Waals surface area (Å²) >= 11 is 0. The number of rotatable bonds is 5. The van der Waals surface area contributed by atoms with Crippen molar-refractivity contribution in [1.29, 1.82) is 0 Å². The number of likely N-dealkylation sites (tertiary alicyclic amines) is 1. The van der Waals surface area contributed by atoms with Crippen LogP contribution in [0.25, 0.3) is 6.08 Å². The first kappa shape index (κ1) is 16.1. The molecule has 0 unspecified atom stereocenters. The van der Waals surface area contributed by atoms with Gasteiger partial charge >= 0.3 is 6.03 Å². The van der Waals surface area contributed by atoms with Crippen LogP contribution in [0, 0.1) is 0 Å². The topological polar surface area (TPSA) is 26.8 Å². The predicted octanol–water partition coefficient (Wildman–Crippen LogP) is 2.92. The molecule has 2 amide bonds. The minimum atomic E-state index is 0.245. The van der Waals surface area contributed by atoms with Crippen LogP contribution in [0.5, 0.6) is 0 Å². The summed E-state index contributed by atoms with van der Waals surface area (Å²) in [5.74, 6) is 0. The fraction of sp³-hybridized carbons (Fsp3) is 0.526. The van der Waals surface area contributed by atoms with Crippen LogP contribution in [0.3, 0.4) is 0 Å². The van der Waals surface area contributed by atoms with Crippen LogP contribution >= 0.6 is 0 Å². The van der Waals surface area contributed by atoms with Crippen LogP contribution in [0.2, 0.25) is 0 Å². The van der Waals surface area contributed by atoms with Crippen LogP contribution in [0.1, 0.15) is 25.3 Å². The SMILES string of the molecule is CCN1CCN(C2CCN(CC=Cc3ccccc3)CC2)C1=O. The number of carbonyl (C=O) groups is 1.